The average Bonchev–Trinajstić information content (AvgIpc) is 2.89. The molecule has 3 nitrogen and oxygen atoms in total. The summed E-state index contributed by atoms with van der Waals surface area (Å²) in [4.78, 5) is 4.32. The fraction of sp³-hybridized carbons (Fsp3) is 0.400. The SMILES string of the molecule is CC(C)Oc1cccc(CNC(C)c2nccs2)c1. The third-order valence-electron chi connectivity index (χ3n) is 2.70. The van der Waals surface area contributed by atoms with Gasteiger partial charge in [-0.05, 0) is 38.5 Å². The maximum atomic E-state index is 5.70. The minimum absolute atomic E-state index is 0.206. The van der Waals surface area contributed by atoms with Gasteiger partial charge in [0.05, 0.1) is 12.1 Å². The Balaban J connectivity index is 1.92. The molecule has 1 heterocycles. The van der Waals surface area contributed by atoms with Crippen LogP contribution in [0, 0.1) is 0 Å². The Hall–Kier alpha value is -1.39. The molecule has 0 spiro atoms. The van der Waals surface area contributed by atoms with Crippen LogP contribution in [-0.2, 0) is 6.54 Å². The molecule has 1 aromatic heterocycles. The Morgan fingerprint density at radius 2 is 2.16 bits per heavy atom. The van der Waals surface area contributed by atoms with Crippen LogP contribution in [0.5, 0.6) is 5.75 Å². The first kappa shape index (κ1) is 14.0. The zero-order valence-corrected chi connectivity index (χ0v) is 12.4. The molecule has 1 aromatic carbocycles. The molecule has 2 rings (SSSR count). The standard InChI is InChI=1S/C15H20N2OS/c1-11(2)18-14-6-4-5-13(9-14)10-17-12(3)15-16-7-8-19-15/h4-9,11-12,17H,10H2,1-3H3. The van der Waals surface area contributed by atoms with E-state index < -0.39 is 0 Å². The van der Waals surface area contributed by atoms with Crippen molar-refractivity contribution in [2.24, 2.45) is 0 Å². The predicted molar refractivity (Wildman–Crippen MR) is 79.6 cm³/mol. The zero-order valence-electron chi connectivity index (χ0n) is 11.6. The van der Waals surface area contributed by atoms with E-state index in [0.717, 1.165) is 17.3 Å². The number of hydrogen-bond acceptors (Lipinski definition) is 4. The Labute approximate surface area is 118 Å². The fourth-order valence-electron chi connectivity index (χ4n) is 1.81. The number of ether oxygens (including phenoxy) is 1. The molecular formula is C15H20N2OS. The van der Waals surface area contributed by atoms with E-state index in [-0.39, 0.29) is 12.1 Å². The summed E-state index contributed by atoms with van der Waals surface area (Å²) in [5.41, 5.74) is 1.22. The van der Waals surface area contributed by atoms with E-state index in [4.69, 9.17) is 4.74 Å². The van der Waals surface area contributed by atoms with Crippen LogP contribution in [0.3, 0.4) is 0 Å². The molecule has 0 bridgehead atoms. The number of rotatable bonds is 6. The molecule has 2 aromatic rings. The van der Waals surface area contributed by atoms with Crippen molar-refractivity contribution in [3.63, 3.8) is 0 Å². The van der Waals surface area contributed by atoms with Crippen molar-refractivity contribution in [2.75, 3.05) is 0 Å². The summed E-state index contributed by atoms with van der Waals surface area (Å²) in [6, 6.07) is 8.49. The highest BCUT2D eigenvalue weighted by atomic mass is 32.1. The molecule has 0 fully saturated rings. The van der Waals surface area contributed by atoms with Crippen molar-refractivity contribution < 1.29 is 4.74 Å². The lowest BCUT2D eigenvalue weighted by Crippen LogP contribution is -2.18. The predicted octanol–water partition coefficient (Wildman–Crippen LogP) is 3.78. The lowest BCUT2D eigenvalue weighted by atomic mass is 10.2. The highest BCUT2D eigenvalue weighted by molar-refractivity contribution is 7.09. The summed E-state index contributed by atoms with van der Waals surface area (Å²) in [5, 5.41) is 6.60. The highest BCUT2D eigenvalue weighted by Gasteiger charge is 2.07. The van der Waals surface area contributed by atoms with Crippen molar-refractivity contribution in [3.8, 4) is 5.75 Å². The van der Waals surface area contributed by atoms with E-state index >= 15 is 0 Å². The van der Waals surface area contributed by atoms with Crippen molar-refractivity contribution >= 4 is 11.3 Å². The molecule has 0 amide bonds. The highest BCUT2D eigenvalue weighted by Crippen LogP contribution is 2.18. The van der Waals surface area contributed by atoms with Crippen LogP contribution in [-0.4, -0.2) is 11.1 Å². The van der Waals surface area contributed by atoms with Gasteiger partial charge in [0, 0.05) is 18.1 Å². The molecule has 4 heteroatoms. The minimum Gasteiger partial charge on any atom is -0.491 e. The van der Waals surface area contributed by atoms with Crippen molar-refractivity contribution in [1.29, 1.82) is 0 Å². The van der Waals surface area contributed by atoms with Crippen molar-refractivity contribution in [3.05, 3.63) is 46.4 Å². The second kappa shape index (κ2) is 6.68. The Morgan fingerprint density at radius 1 is 1.32 bits per heavy atom. The van der Waals surface area contributed by atoms with Gasteiger partial charge in [-0.15, -0.1) is 11.3 Å². The van der Waals surface area contributed by atoms with Crippen LogP contribution in [0.4, 0.5) is 0 Å². The van der Waals surface area contributed by atoms with E-state index in [9.17, 15) is 0 Å². The van der Waals surface area contributed by atoms with Gasteiger partial charge in [0.25, 0.3) is 0 Å². The lowest BCUT2D eigenvalue weighted by molar-refractivity contribution is 0.242. The van der Waals surface area contributed by atoms with Crippen LogP contribution < -0.4 is 10.1 Å². The molecular weight excluding hydrogens is 256 g/mol. The quantitative estimate of drug-likeness (QED) is 0.872. The zero-order chi connectivity index (χ0) is 13.7. The van der Waals surface area contributed by atoms with Crippen LogP contribution >= 0.6 is 11.3 Å². The molecule has 1 unspecified atom stereocenters. The minimum atomic E-state index is 0.206. The number of nitrogens with one attached hydrogen (secondary N) is 1. The smallest absolute Gasteiger partial charge is 0.120 e. The monoisotopic (exact) mass is 276 g/mol. The molecule has 19 heavy (non-hydrogen) atoms. The molecule has 0 radical (unpaired) electrons. The van der Waals surface area contributed by atoms with Gasteiger partial charge in [-0.2, -0.15) is 0 Å². The summed E-state index contributed by atoms with van der Waals surface area (Å²) in [5.74, 6) is 0.927. The molecule has 0 aliphatic rings. The third kappa shape index (κ3) is 4.33. The van der Waals surface area contributed by atoms with Crippen LogP contribution in [0.2, 0.25) is 0 Å². The van der Waals surface area contributed by atoms with E-state index in [2.05, 4.69) is 29.4 Å². The summed E-state index contributed by atoms with van der Waals surface area (Å²) in [6.07, 6.45) is 2.05. The molecule has 1 N–H and O–H groups in total. The number of aromatic nitrogens is 1. The maximum Gasteiger partial charge on any atom is 0.120 e. The second-order valence-corrected chi connectivity index (χ2v) is 5.71. The first-order valence-corrected chi connectivity index (χ1v) is 7.41. The average molecular weight is 276 g/mol. The molecule has 0 saturated carbocycles. The van der Waals surface area contributed by atoms with E-state index in [0.29, 0.717) is 0 Å². The van der Waals surface area contributed by atoms with Gasteiger partial charge in [-0.25, -0.2) is 4.98 Å². The van der Waals surface area contributed by atoms with Gasteiger partial charge in [0.2, 0.25) is 0 Å². The second-order valence-electron chi connectivity index (χ2n) is 4.79. The molecule has 0 aliphatic heterocycles. The van der Waals surface area contributed by atoms with Crippen LogP contribution in [0.15, 0.2) is 35.8 Å². The van der Waals surface area contributed by atoms with E-state index in [1.807, 2.05) is 37.6 Å². The third-order valence-corrected chi connectivity index (χ3v) is 3.66. The topological polar surface area (TPSA) is 34.1 Å². The first-order chi connectivity index (χ1) is 9.15. The Kier molecular flexibility index (Phi) is 4.93. The normalized spacial score (nSPS) is 12.6. The van der Waals surface area contributed by atoms with Gasteiger partial charge in [0.15, 0.2) is 0 Å². The van der Waals surface area contributed by atoms with Gasteiger partial charge >= 0.3 is 0 Å². The maximum absolute atomic E-state index is 5.70. The summed E-state index contributed by atoms with van der Waals surface area (Å²) < 4.78 is 5.70. The lowest BCUT2D eigenvalue weighted by Gasteiger charge is -2.13. The van der Waals surface area contributed by atoms with Crippen molar-refractivity contribution in [1.82, 2.24) is 10.3 Å². The molecule has 102 valence electrons. The van der Waals surface area contributed by atoms with Crippen LogP contribution in [0.25, 0.3) is 0 Å². The summed E-state index contributed by atoms with van der Waals surface area (Å²) >= 11 is 1.68. The van der Waals surface area contributed by atoms with Crippen molar-refractivity contribution in [2.45, 2.75) is 39.5 Å². The van der Waals surface area contributed by atoms with Gasteiger partial charge in [0.1, 0.15) is 10.8 Å². The summed E-state index contributed by atoms with van der Waals surface area (Å²) in [7, 11) is 0. The van der Waals surface area contributed by atoms with E-state index in [1.54, 1.807) is 11.3 Å². The fourth-order valence-corrected chi connectivity index (χ4v) is 2.48. The van der Waals surface area contributed by atoms with Gasteiger partial charge in [-0.3, -0.25) is 0 Å². The Morgan fingerprint density at radius 3 is 2.84 bits per heavy atom. The molecule has 1 atom stereocenters. The van der Waals surface area contributed by atoms with E-state index in [1.165, 1.54) is 5.56 Å². The molecule has 0 saturated heterocycles. The first-order valence-electron chi connectivity index (χ1n) is 6.53. The number of benzene rings is 1. The van der Waals surface area contributed by atoms with Gasteiger partial charge < -0.3 is 10.1 Å². The van der Waals surface area contributed by atoms with Crippen LogP contribution in [0.1, 0.15) is 37.4 Å². The molecule has 0 aliphatic carbocycles. The summed E-state index contributed by atoms with van der Waals surface area (Å²) in [6.45, 7) is 7.02. The Bertz CT molecular complexity index is 497. The number of nitrogens with zero attached hydrogens (tertiary/aromatic N) is 1. The number of thiazole rings is 1. The number of hydrogen-bond donors (Lipinski definition) is 1. The van der Waals surface area contributed by atoms with Gasteiger partial charge in [-0.1, -0.05) is 12.1 Å². The largest absolute Gasteiger partial charge is 0.491 e.